The minimum Gasteiger partial charge on any atom is -0.370 e. The second-order valence-electron chi connectivity index (χ2n) is 8.13. The van der Waals surface area contributed by atoms with Gasteiger partial charge in [0.2, 0.25) is 11.8 Å². The lowest BCUT2D eigenvalue weighted by Gasteiger charge is -2.30. The van der Waals surface area contributed by atoms with Crippen LogP contribution in [0.15, 0.2) is 36.4 Å². The Morgan fingerprint density at radius 2 is 1.79 bits per heavy atom. The summed E-state index contributed by atoms with van der Waals surface area (Å²) in [7, 11) is 0. The molecular weight excluding hydrogens is 497 g/mol. The molecule has 0 aromatic heterocycles. The summed E-state index contributed by atoms with van der Waals surface area (Å²) < 4.78 is 0. The largest absolute Gasteiger partial charge is 0.370 e. The lowest BCUT2D eigenvalue weighted by Crippen LogP contribution is -2.44. The van der Waals surface area contributed by atoms with Gasteiger partial charge in [0.15, 0.2) is 5.11 Å². The van der Waals surface area contributed by atoms with E-state index in [1.165, 1.54) is 17.0 Å². The van der Waals surface area contributed by atoms with Gasteiger partial charge >= 0.3 is 0 Å². The third-order valence-corrected chi connectivity index (χ3v) is 6.32. The molecule has 2 aromatic carbocycles. The number of carbonyl (C=O) groups is 3. The second kappa shape index (κ2) is 9.97. The van der Waals surface area contributed by atoms with Crippen LogP contribution < -0.4 is 20.9 Å². The number of hydrogen-bond donors (Lipinski definition) is 2. The fraction of sp³-hybridized carbons (Fsp3) is 0.261. The Labute approximate surface area is 212 Å². The van der Waals surface area contributed by atoms with Crippen LogP contribution in [0.25, 0.3) is 0 Å². The van der Waals surface area contributed by atoms with Gasteiger partial charge in [-0.15, -0.1) is 0 Å². The molecule has 3 N–H and O–H groups in total. The van der Waals surface area contributed by atoms with Crippen molar-refractivity contribution in [1.82, 2.24) is 0 Å². The molecule has 8 nitrogen and oxygen atoms in total. The minimum absolute atomic E-state index is 0.100. The summed E-state index contributed by atoms with van der Waals surface area (Å²) in [5.74, 6) is -1.09. The van der Waals surface area contributed by atoms with E-state index in [4.69, 9.17) is 46.4 Å². The number of anilines is 3. The number of amides is 3. The smallest absolute Gasteiger partial charge is 0.259 e. The van der Waals surface area contributed by atoms with E-state index < -0.39 is 11.4 Å². The SMILES string of the molecule is CC1(C)C(=O)N(c2ccc(C#N)c(Cl)c2)C(=S)N1c1ccc(Cl)c(NC(=O)CCCC(N)=O)c1. The zero-order valence-electron chi connectivity index (χ0n) is 18.4. The van der Waals surface area contributed by atoms with E-state index >= 15 is 0 Å². The van der Waals surface area contributed by atoms with Crippen molar-refractivity contribution in [3.63, 3.8) is 0 Å². The highest BCUT2D eigenvalue weighted by Gasteiger charge is 2.50. The molecule has 2 aromatic rings. The number of benzene rings is 2. The van der Waals surface area contributed by atoms with Crippen molar-refractivity contribution < 1.29 is 14.4 Å². The molecule has 0 saturated carbocycles. The number of rotatable bonds is 7. The summed E-state index contributed by atoms with van der Waals surface area (Å²) in [6.45, 7) is 3.45. The quantitative estimate of drug-likeness (QED) is 0.526. The van der Waals surface area contributed by atoms with Crippen molar-refractivity contribution in [2.24, 2.45) is 5.73 Å². The summed E-state index contributed by atoms with van der Waals surface area (Å²) in [5.41, 5.74) is 5.65. The van der Waals surface area contributed by atoms with Crippen LogP contribution >= 0.6 is 35.4 Å². The third kappa shape index (κ3) is 4.99. The van der Waals surface area contributed by atoms with Crippen molar-refractivity contribution >= 4 is 75.3 Å². The molecule has 0 bridgehead atoms. The van der Waals surface area contributed by atoms with Crippen molar-refractivity contribution in [3.8, 4) is 6.07 Å². The van der Waals surface area contributed by atoms with Crippen LogP contribution in [-0.2, 0) is 14.4 Å². The molecule has 11 heteroatoms. The first-order valence-corrected chi connectivity index (χ1v) is 11.4. The lowest BCUT2D eigenvalue weighted by molar-refractivity contribution is -0.120. The van der Waals surface area contributed by atoms with Crippen LogP contribution in [0.3, 0.4) is 0 Å². The molecule has 1 aliphatic rings. The van der Waals surface area contributed by atoms with Crippen molar-refractivity contribution in [2.75, 3.05) is 15.1 Å². The number of carbonyl (C=O) groups excluding carboxylic acids is 3. The molecule has 34 heavy (non-hydrogen) atoms. The first kappa shape index (κ1) is 25.4. The fourth-order valence-electron chi connectivity index (χ4n) is 3.57. The van der Waals surface area contributed by atoms with E-state index in [-0.39, 0.29) is 40.4 Å². The standard InChI is InChI=1S/C23H21Cl2N5O3S/c1-23(2)21(33)29(14-7-6-13(12-26)17(25)10-14)22(34)30(23)15-8-9-16(24)18(11-15)28-20(32)5-3-4-19(27)31/h6-11H,3-5H2,1-2H3,(H2,27,31)(H,28,32). The lowest BCUT2D eigenvalue weighted by atomic mass is 10.0. The Hall–Kier alpha value is -3.19. The molecule has 0 spiro atoms. The Bertz CT molecular complexity index is 1240. The highest BCUT2D eigenvalue weighted by atomic mass is 35.5. The molecule has 3 rings (SSSR count). The maximum atomic E-state index is 13.3. The molecule has 0 radical (unpaired) electrons. The molecule has 0 aliphatic carbocycles. The molecular formula is C23H21Cl2N5O3S. The molecule has 1 fully saturated rings. The maximum Gasteiger partial charge on any atom is 0.259 e. The molecule has 1 heterocycles. The first-order chi connectivity index (χ1) is 16.0. The van der Waals surface area contributed by atoms with Gasteiger partial charge in [-0.1, -0.05) is 23.2 Å². The summed E-state index contributed by atoms with van der Waals surface area (Å²) in [4.78, 5) is 39.5. The normalized spacial score (nSPS) is 14.8. The maximum absolute atomic E-state index is 13.3. The molecule has 1 saturated heterocycles. The highest BCUT2D eigenvalue weighted by molar-refractivity contribution is 7.81. The van der Waals surface area contributed by atoms with Gasteiger partial charge in [-0.05, 0) is 68.9 Å². The average molecular weight is 518 g/mol. The summed E-state index contributed by atoms with van der Waals surface area (Å²) >= 11 is 18.1. The number of nitriles is 1. The molecule has 1 aliphatic heterocycles. The van der Waals surface area contributed by atoms with Gasteiger partial charge in [0.25, 0.3) is 5.91 Å². The number of nitrogens with zero attached hydrogens (tertiary/aromatic N) is 3. The van der Waals surface area contributed by atoms with Gasteiger partial charge in [0.05, 0.1) is 27.0 Å². The van der Waals surface area contributed by atoms with E-state index in [2.05, 4.69) is 5.32 Å². The number of thiocarbonyl (C=S) groups is 1. The van der Waals surface area contributed by atoms with E-state index in [0.29, 0.717) is 28.5 Å². The van der Waals surface area contributed by atoms with Gasteiger partial charge < -0.3 is 16.0 Å². The predicted octanol–water partition coefficient (Wildman–Crippen LogP) is 4.38. The molecule has 176 valence electrons. The third-order valence-electron chi connectivity index (χ3n) is 5.31. The van der Waals surface area contributed by atoms with Crippen molar-refractivity contribution in [2.45, 2.75) is 38.6 Å². The zero-order valence-corrected chi connectivity index (χ0v) is 20.7. The topological polar surface area (TPSA) is 120 Å². The van der Waals surface area contributed by atoms with Crippen LogP contribution in [0.5, 0.6) is 0 Å². The second-order valence-corrected chi connectivity index (χ2v) is 9.31. The van der Waals surface area contributed by atoms with E-state index in [1.807, 2.05) is 6.07 Å². The molecule has 0 atom stereocenters. The Balaban J connectivity index is 1.91. The van der Waals surface area contributed by atoms with Crippen molar-refractivity contribution in [1.29, 1.82) is 5.26 Å². The van der Waals surface area contributed by atoms with Crippen LogP contribution in [0, 0.1) is 11.3 Å². The average Bonchev–Trinajstić information content (AvgIpc) is 2.93. The first-order valence-electron chi connectivity index (χ1n) is 10.2. The van der Waals surface area contributed by atoms with E-state index in [0.717, 1.165) is 0 Å². The fourth-order valence-corrected chi connectivity index (χ4v) is 4.48. The zero-order chi connectivity index (χ0) is 25.2. The summed E-state index contributed by atoms with van der Waals surface area (Å²) in [6, 6.07) is 11.6. The number of nitrogens with one attached hydrogen (secondary N) is 1. The van der Waals surface area contributed by atoms with Crippen LogP contribution in [0.4, 0.5) is 17.1 Å². The number of hydrogen-bond acceptors (Lipinski definition) is 5. The predicted molar refractivity (Wildman–Crippen MR) is 136 cm³/mol. The summed E-state index contributed by atoms with van der Waals surface area (Å²) in [5, 5.41) is 12.6. The minimum atomic E-state index is -1.06. The van der Waals surface area contributed by atoms with Gasteiger partial charge in [-0.25, -0.2) is 0 Å². The van der Waals surface area contributed by atoms with Crippen LogP contribution in [0.1, 0.15) is 38.7 Å². The van der Waals surface area contributed by atoms with Gasteiger partial charge in [-0.3, -0.25) is 19.3 Å². The molecule has 3 amide bonds. The number of nitrogens with two attached hydrogens (primary N) is 1. The van der Waals surface area contributed by atoms with Crippen molar-refractivity contribution in [3.05, 3.63) is 52.0 Å². The van der Waals surface area contributed by atoms with E-state index in [9.17, 15) is 14.4 Å². The van der Waals surface area contributed by atoms with E-state index in [1.54, 1.807) is 43.0 Å². The Morgan fingerprint density at radius 1 is 1.12 bits per heavy atom. The number of primary amides is 1. The van der Waals surface area contributed by atoms with Crippen LogP contribution in [0.2, 0.25) is 10.0 Å². The monoisotopic (exact) mass is 517 g/mol. The Morgan fingerprint density at radius 3 is 2.41 bits per heavy atom. The van der Waals surface area contributed by atoms with Gasteiger partial charge in [-0.2, -0.15) is 5.26 Å². The Kier molecular flexibility index (Phi) is 7.46. The van der Waals surface area contributed by atoms with Crippen LogP contribution in [-0.4, -0.2) is 28.4 Å². The van der Waals surface area contributed by atoms with Gasteiger partial charge in [0.1, 0.15) is 11.6 Å². The molecule has 0 unspecified atom stereocenters. The highest BCUT2D eigenvalue weighted by Crippen LogP contribution is 2.39. The van der Waals surface area contributed by atoms with Gasteiger partial charge in [0, 0.05) is 18.5 Å². The number of halogens is 2. The summed E-state index contributed by atoms with van der Waals surface area (Å²) in [6.07, 6.45) is 0.524.